The van der Waals surface area contributed by atoms with Gasteiger partial charge in [0.05, 0.1) is 50.9 Å². The van der Waals surface area contributed by atoms with Crippen LogP contribution in [-0.2, 0) is 41.4 Å². The fourth-order valence-corrected chi connectivity index (χ4v) is 4.11. The summed E-state index contributed by atoms with van der Waals surface area (Å²) < 4.78 is 20.0. The molecule has 248 valence electrons. The average Bonchev–Trinajstić information content (AvgIpc) is 2.98. The molecule has 0 atom stereocenters. The van der Waals surface area contributed by atoms with Crippen LogP contribution in [0.3, 0.4) is 0 Å². The average molecular weight is 702 g/mol. The Balaban J connectivity index is 0.000000354. The lowest BCUT2D eigenvalue weighted by Gasteiger charge is -2.19. The third kappa shape index (κ3) is 13.6. The van der Waals surface area contributed by atoms with Gasteiger partial charge in [0, 0.05) is 4.47 Å². The van der Waals surface area contributed by atoms with Crippen LogP contribution in [0.2, 0.25) is 0 Å². The zero-order valence-corrected chi connectivity index (χ0v) is 29.2. The lowest BCUT2D eigenvalue weighted by molar-refractivity contribution is -0.154. The van der Waals surface area contributed by atoms with Crippen molar-refractivity contribution in [3.63, 3.8) is 0 Å². The minimum atomic E-state index is -0.885. The molecule has 0 amide bonds. The van der Waals surface area contributed by atoms with Gasteiger partial charge in [-0.15, -0.1) is 0 Å². The molecule has 0 spiro atoms. The Labute approximate surface area is 278 Å². The Morgan fingerprint density at radius 1 is 0.630 bits per heavy atom. The Morgan fingerprint density at radius 2 is 1.00 bits per heavy atom. The molecule has 0 aliphatic heterocycles. The predicted octanol–water partition coefficient (Wildman–Crippen LogP) is 6.62. The molecule has 0 heterocycles. The molecule has 1 N–H and O–H groups in total. The molecule has 3 rings (SSSR count). The molecular weight excluding hydrogens is 660 g/mol. The van der Waals surface area contributed by atoms with Gasteiger partial charge in [-0.3, -0.25) is 9.59 Å². The van der Waals surface area contributed by atoms with Crippen LogP contribution in [0.25, 0.3) is 0 Å². The van der Waals surface area contributed by atoms with E-state index in [1.165, 1.54) is 21.3 Å². The molecule has 3 aromatic carbocycles. The van der Waals surface area contributed by atoms with E-state index in [1.807, 2.05) is 40.7 Å². The number of aryl methyl sites for hydroxylation is 3. The first-order valence-electron chi connectivity index (χ1n) is 14.1. The van der Waals surface area contributed by atoms with Crippen molar-refractivity contribution in [2.24, 2.45) is 0 Å². The van der Waals surface area contributed by atoms with E-state index < -0.39 is 17.5 Å². The molecule has 46 heavy (non-hydrogen) atoms. The van der Waals surface area contributed by atoms with Crippen molar-refractivity contribution in [1.82, 2.24) is 0 Å². The van der Waals surface area contributed by atoms with Crippen LogP contribution in [0.5, 0.6) is 0 Å². The molecule has 0 bridgehead atoms. The summed E-state index contributed by atoms with van der Waals surface area (Å²) in [5.41, 5.74) is 5.23. The maximum absolute atomic E-state index is 11.7. The van der Waals surface area contributed by atoms with Crippen molar-refractivity contribution in [1.29, 1.82) is 0 Å². The molecule has 11 heteroatoms. The van der Waals surface area contributed by atoms with Crippen LogP contribution in [0, 0.1) is 20.8 Å². The van der Waals surface area contributed by atoms with Gasteiger partial charge in [-0.1, -0.05) is 28.1 Å². The molecule has 0 unspecified atom stereocenters. The normalized spacial score (nSPS) is 10.2. The number of halogens is 1. The highest BCUT2D eigenvalue weighted by Crippen LogP contribution is 2.18. The number of methoxy groups -OCH3 is 3. The van der Waals surface area contributed by atoms with E-state index in [0.29, 0.717) is 22.3 Å². The van der Waals surface area contributed by atoms with Crippen LogP contribution in [0.1, 0.15) is 79.7 Å². The summed E-state index contributed by atoms with van der Waals surface area (Å²) >= 11 is 3.35. The monoisotopic (exact) mass is 700 g/mol. The second kappa shape index (κ2) is 18.5. The summed E-state index contributed by atoms with van der Waals surface area (Å²) in [6, 6.07) is 15.3. The first-order chi connectivity index (χ1) is 21.4. The molecule has 0 radical (unpaired) electrons. The second-order valence-electron chi connectivity index (χ2n) is 11.1. The number of carboxylic acid groups (broad SMARTS) is 1. The summed E-state index contributed by atoms with van der Waals surface area (Å²) in [5, 5.41) is 8.62. The molecule has 0 aliphatic carbocycles. The van der Waals surface area contributed by atoms with E-state index in [9.17, 15) is 24.0 Å². The predicted molar refractivity (Wildman–Crippen MR) is 176 cm³/mol. The number of aliphatic carboxylic acids is 1. The van der Waals surface area contributed by atoms with E-state index in [-0.39, 0.29) is 30.7 Å². The van der Waals surface area contributed by atoms with Gasteiger partial charge < -0.3 is 24.1 Å². The zero-order valence-electron chi connectivity index (χ0n) is 27.6. The Morgan fingerprint density at radius 3 is 1.33 bits per heavy atom. The lowest BCUT2D eigenvalue weighted by atomic mass is 10.0. The maximum atomic E-state index is 11.7. The third-order valence-corrected chi connectivity index (χ3v) is 7.09. The number of carbonyl (C=O) groups is 5. The van der Waals surface area contributed by atoms with Gasteiger partial charge in [-0.2, -0.15) is 0 Å². The number of ether oxygens (including phenoxy) is 4. The molecule has 0 fully saturated rings. The minimum Gasteiger partial charge on any atom is -0.481 e. The highest BCUT2D eigenvalue weighted by Gasteiger charge is 2.18. The third-order valence-electron chi connectivity index (χ3n) is 6.20. The molecular formula is C35H41BrO10. The molecule has 0 aromatic heterocycles. The zero-order chi connectivity index (χ0) is 35.2. The molecule has 10 nitrogen and oxygen atoms in total. The highest BCUT2D eigenvalue weighted by molar-refractivity contribution is 9.10. The number of carbonyl (C=O) groups excluding carboxylic acids is 4. The van der Waals surface area contributed by atoms with Crippen molar-refractivity contribution in [3.05, 3.63) is 104 Å². The Kier molecular flexibility index (Phi) is 15.9. The van der Waals surface area contributed by atoms with E-state index in [0.717, 1.165) is 26.7 Å². The SMILES string of the molecule is COC(=O)c1ccc(Br)c(C)c1.COC(=O)c1ccc(CC(=O)O)c(C)c1.COC(=O)c1ccc(CC(=O)OC(C)(C)C)c(C)c1. The van der Waals surface area contributed by atoms with Gasteiger partial charge in [0.25, 0.3) is 0 Å². The smallest absolute Gasteiger partial charge is 0.337 e. The fraction of sp³-hybridized carbons (Fsp3) is 0.343. The van der Waals surface area contributed by atoms with Crippen molar-refractivity contribution < 1.29 is 48.0 Å². The fourth-order valence-electron chi connectivity index (χ4n) is 3.86. The van der Waals surface area contributed by atoms with Gasteiger partial charge in [-0.25, -0.2) is 14.4 Å². The quantitative estimate of drug-likeness (QED) is 0.211. The van der Waals surface area contributed by atoms with Gasteiger partial charge in [0.15, 0.2) is 0 Å². The molecule has 0 saturated heterocycles. The van der Waals surface area contributed by atoms with Gasteiger partial charge in [0.1, 0.15) is 5.60 Å². The molecule has 0 saturated carbocycles. The van der Waals surface area contributed by atoms with Gasteiger partial charge in [0.2, 0.25) is 0 Å². The lowest BCUT2D eigenvalue weighted by Crippen LogP contribution is -2.25. The van der Waals surface area contributed by atoms with Crippen LogP contribution in [0.4, 0.5) is 0 Å². The number of benzene rings is 3. The van der Waals surface area contributed by atoms with Crippen molar-refractivity contribution in [2.45, 2.75) is 60.0 Å². The summed E-state index contributed by atoms with van der Waals surface area (Å²) in [7, 11) is 4.02. The first kappa shape index (κ1) is 39.5. The number of hydrogen-bond acceptors (Lipinski definition) is 9. The summed E-state index contributed by atoms with van der Waals surface area (Å²) in [4.78, 5) is 55.8. The van der Waals surface area contributed by atoms with Crippen LogP contribution in [-0.4, -0.2) is 61.9 Å². The maximum Gasteiger partial charge on any atom is 0.337 e. The summed E-state index contributed by atoms with van der Waals surface area (Å²) in [5.74, 6) is -2.26. The Hall–Kier alpha value is -4.51. The number of carboxylic acids is 1. The topological polar surface area (TPSA) is 142 Å². The van der Waals surface area contributed by atoms with Crippen molar-refractivity contribution >= 4 is 45.8 Å². The second-order valence-corrected chi connectivity index (χ2v) is 11.9. The highest BCUT2D eigenvalue weighted by atomic mass is 79.9. The van der Waals surface area contributed by atoms with Crippen LogP contribution >= 0.6 is 15.9 Å². The van der Waals surface area contributed by atoms with Crippen LogP contribution in [0.15, 0.2) is 59.1 Å². The first-order valence-corrected chi connectivity index (χ1v) is 14.8. The van der Waals surface area contributed by atoms with E-state index in [2.05, 4.69) is 30.1 Å². The molecule has 3 aromatic rings. The van der Waals surface area contributed by atoms with E-state index in [4.69, 9.17) is 9.84 Å². The summed E-state index contributed by atoms with van der Waals surface area (Å²) in [6.07, 6.45) is 0.165. The minimum absolute atomic E-state index is 0.0344. The number of hydrogen-bond donors (Lipinski definition) is 1. The molecule has 0 aliphatic rings. The van der Waals surface area contributed by atoms with E-state index in [1.54, 1.807) is 55.5 Å². The Bertz CT molecular complexity index is 1550. The number of esters is 4. The van der Waals surface area contributed by atoms with Crippen molar-refractivity contribution in [2.75, 3.05) is 21.3 Å². The van der Waals surface area contributed by atoms with Gasteiger partial charge in [-0.05, 0) is 112 Å². The van der Waals surface area contributed by atoms with Gasteiger partial charge >= 0.3 is 29.8 Å². The summed E-state index contributed by atoms with van der Waals surface area (Å²) in [6.45, 7) is 11.0. The van der Waals surface area contributed by atoms with Crippen molar-refractivity contribution in [3.8, 4) is 0 Å². The number of rotatable bonds is 7. The largest absolute Gasteiger partial charge is 0.481 e. The standard InChI is InChI=1S/C15H20O4.C11H12O4.C9H9BrO2/c1-10-8-12(14(17)18-5)7-6-11(10)9-13(16)19-15(2,3)4;1-7-5-9(11(14)15-2)4-3-8(7)6-10(12)13;1-6-5-7(9(11)12-2)3-4-8(6)10/h6-8H,9H2,1-5H3;3-5H,6H2,1-2H3,(H,12,13);3-5H,1-2H3. The van der Waals surface area contributed by atoms with E-state index >= 15 is 0 Å². The van der Waals surface area contributed by atoms with Crippen LogP contribution < -0.4 is 0 Å².